The van der Waals surface area contributed by atoms with Crippen LogP contribution in [0, 0.1) is 0 Å². The minimum Gasteiger partial charge on any atom is -0.302 e. The van der Waals surface area contributed by atoms with Gasteiger partial charge in [-0.2, -0.15) is 8.70 Å². The lowest BCUT2D eigenvalue weighted by atomic mass is 11.4. The van der Waals surface area contributed by atoms with E-state index in [9.17, 15) is 13.5 Å². The summed E-state index contributed by atoms with van der Waals surface area (Å²) in [5, 5.41) is 0. The van der Waals surface area contributed by atoms with Crippen LogP contribution in [0.3, 0.4) is 0 Å². The molecule has 1 aliphatic heterocycles. The van der Waals surface area contributed by atoms with Gasteiger partial charge >= 0.3 is 22.2 Å². The number of rotatable bonds is 2. The summed E-state index contributed by atoms with van der Waals surface area (Å²) in [6, 6.07) is 0. The molecule has 1 fully saturated rings. The monoisotopic (exact) mass is 208 g/mol. The first-order valence-corrected chi connectivity index (χ1v) is 5.18. The summed E-state index contributed by atoms with van der Waals surface area (Å²) in [4.78, 5) is 16.1. The number of alkyl halides is 1. The van der Waals surface area contributed by atoms with Gasteiger partial charge in [0.15, 0.2) is 0 Å². The summed E-state index contributed by atoms with van der Waals surface area (Å²) in [7, 11) is -9.27. The lowest BCUT2D eigenvalue weighted by Gasteiger charge is -2.27. The van der Waals surface area contributed by atoms with Crippen molar-refractivity contribution in [2.45, 2.75) is 6.54 Å². The summed E-state index contributed by atoms with van der Waals surface area (Å²) < 4.78 is 42.9. The Labute approximate surface area is 59.9 Å². The van der Waals surface area contributed by atoms with Crippen LogP contribution in [0.15, 0.2) is 0 Å². The molecule has 1 saturated heterocycles. The number of halogens is 1. The second-order valence-electron chi connectivity index (χ2n) is 1.50. The van der Waals surface area contributed by atoms with Crippen LogP contribution in [0.4, 0.5) is 4.39 Å². The van der Waals surface area contributed by atoms with Crippen molar-refractivity contribution >= 4 is 15.6 Å². The van der Waals surface area contributed by atoms with Crippen molar-refractivity contribution in [2.24, 2.45) is 0 Å². The summed E-state index contributed by atoms with van der Waals surface area (Å²) in [6.07, 6.45) is 0. The molecule has 1 heterocycles. The topological polar surface area (TPSA) is 102 Å². The molecule has 10 heteroatoms. The highest BCUT2D eigenvalue weighted by Gasteiger charge is 2.50. The first-order chi connectivity index (χ1) is 4.81. The molecule has 2 N–H and O–H groups in total. The molecule has 0 aromatic carbocycles. The van der Waals surface area contributed by atoms with Gasteiger partial charge in [-0.3, -0.25) is 0 Å². The third-order valence-corrected chi connectivity index (χ3v) is 3.13. The van der Waals surface area contributed by atoms with Crippen molar-refractivity contribution < 1.29 is 36.7 Å². The van der Waals surface area contributed by atoms with Crippen LogP contribution in [0.25, 0.3) is 0 Å². The molecule has 0 bridgehead atoms. The van der Waals surface area contributed by atoms with E-state index in [0.29, 0.717) is 0 Å². The second-order valence-corrected chi connectivity index (χ2v) is 4.46. The zero-order valence-corrected chi connectivity index (χ0v) is 6.57. The first-order valence-electron chi connectivity index (χ1n) is 2.19. The molecule has 0 spiro atoms. The number of phosphoric ester groups is 1. The molecule has 1 rings (SSSR count). The quantitative estimate of drug-likeness (QED) is 0.636. The maximum absolute atomic E-state index is 11.6. The summed E-state index contributed by atoms with van der Waals surface area (Å²) in [5.41, 5.74) is 0. The Bertz CT molecular complexity index is 233. The van der Waals surface area contributed by atoms with Gasteiger partial charge in [0, 0.05) is 0 Å². The normalized spacial score (nSPS) is 38.3. The van der Waals surface area contributed by atoms with Crippen LogP contribution in [0.2, 0.25) is 0 Å². The van der Waals surface area contributed by atoms with Crippen LogP contribution in [-0.4, -0.2) is 16.3 Å². The lowest BCUT2D eigenvalue weighted by molar-refractivity contribution is -0.195. The average molecular weight is 208 g/mol. The third-order valence-electron chi connectivity index (χ3n) is 0.630. The van der Waals surface area contributed by atoms with Crippen molar-refractivity contribution in [3.8, 4) is 0 Å². The van der Waals surface area contributed by atoms with E-state index in [0.717, 1.165) is 0 Å². The van der Waals surface area contributed by atoms with E-state index in [2.05, 4.69) is 13.4 Å². The predicted octanol–water partition coefficient (Wildman–Crippen LogP) is 0.504. The highest BCUT2D eigenvalue weighted by Crippen LogP contribution is 2.68. The molecule has 1 aliphatic rings. The van der Waals surface area contributed by atoms with E-state index >= 15 is 0 Å². The Morgan fingerprint density at radius 3 is 2.27 bits per heavy atom. The number of phosphoric acid groups is 2. The van der Waals surface area contributed by atoms with Gasteiger partial charge in [0.2, 0.25) is 0 Å². The van der Waals surface area contributed by atoms with Gasteiger partial charge in [0.25, 0.3) is 0 Å². The van der Waals surface area contributed by atoms with Crippen molar-refractivity contribution in [2.75, 3.05) is 0 Å². The van der Waals surface area contributed by atoms with E-state index in [-0.39, 0.29) is 0 Å². The van der Waals surface area contributed by atoms with Crippen LogP contribution in [-0.2, 0) is 22.5 Å². The largest absolute Gasteiger partial charge is 0.492 e. The van der Waals surface area contributed by atoms with Crippen molar-refractivity contribution in [1.82, 2.24) is 0 Å². The summed E-state index contributed by atoms with van der Waals surface area (Å²) >= 11 is 0. The molecule has 0 amide bonds. The minimum absolute atomic E-state index is 2.24. The maximum Gasteiger partial charge on any atom is 0.492 e. The molecule has 0 unspecified atom stereocenters. The molecule has 0 aliphatic carbocycles. The van der Waals surface area contributed by atoms with E-state index in [1.807, 2.05) is 0 Å². The van der Waals surface area contributed by atoms with Gasteiger partial charge in [-0.25, -0.2) is 18.2 Å². The Hall–Kier alpha value is 0.190. The van der Waals surface area contributed by atoms with Gasteiger partial charge in [0.05, 0.1) is 0 Å². The fourth-order valence-corrected chi connectivity index (χ4v) is 2.15. The summed E-state index contributed by atoms with van der Waals surface area (Å²) in [5.74, 6) is 0. The van der Waals surface area contributed by atoms with Crippen molar-refractivity contribution in [1.29, 1.82) is 0 Å². The van der Waals surface area contributed by atoms with Gasteiger partial charge in [-0.1, -0.05) is 0 Å². The first kappa shape index (κ1) is 9.28. The van der Waals surface area contributed by atoms with Crippen LogP contribution >= 0.6 is 15.6 Å². The Kier molecular flexibility index (Phi) is 2.19. The lowest BCUT2D eigenvalue weighted by Crippen LogP contribution is -2.21. The molecule has 7 nitrogen and oxygen atoms in total. The van der Waals surface area contributed by atoms with Crippen LogP contribution < -0.4 is 0 Å². The van der Waals surface area contributed by atoms with Crippen LogP contribution in [0.1, 0.15) is 0 Å². The van der Waals surface area contributed by atoms with E-state index in [4.69, 9.17) is 9.79 Å². The predicted molar refractivity (Wildman–Crippen MR) is 27.8 cm³/mol. The molecular formula is CH3FO7P2. The Balaban J connectivity index is 2.52. The van der Waals surface area contributed by atoms with E-state index < -0.39 is 22.2 Å². The molecule has 0 saturated carbocycles. The van der Waals surface area contributed by atoms with Gasteiger partial charge in [-0.05, 0) is 0 Å². The maximum atomic E-state index is 11.6. The SMILES string of the molecule is O=P(O)(O)OP1(=O)OC(F)O1. The van der Waals surface area contributed by atoms with E-state index in [1.165, 1.54) is 0 Å². The molecule has 0 atom stereocenters. The van der Waals surface area contributed by atoms with Crippen LogP contribution in [0.5, 0.6) is 0 Å². The minimum atomic E-state index is -4.96. The second kappa shape index (κ2) is 2.60. The molecule has 0 aromatic heterocycles. The fraction of sp³-hybridized carbons (Fsp3) is 1.00. The average Bonchev–Trinajstić information content (AvgIpc) is 1.53. The van der Waals surface area contributed by atoms with Crippen molar-refractivity contribution in [3.05, 3.63) is 0 Å². The number of hydrogen-bond acceptors (Lipinski definition) is 5. The zero-order valence-electron chi connectivity index (χ0n) is 4.79. The molecule has 0 aromatic rings. The molecule has 66 valence electrons. The third kappa shape index (κ3) is 2.61. The highest BCUT2D eigenvalue weighted by atomic mass is 31.3. The Morgan fingerprint density at radius 1 is 1.55 bits per heavy atom. The smallest absolute Gasteiger partial charge is 0.302 e. The number of hydrogen-bond donors (Lipinski definition) is 2. The highest BCUT2D eigenvalue weighted by molar-refractivity contribution is 7.61. The van der Waals surface area contributed by atoms with Crippen molar-refractivity contribution in [3.63, 3.8) is 0 Å². The molecule has 0 radical (unpaired) electrons. The molecule has 11 heavy (non-hydrogen) atoms. The zero-order chi connectivity index (χ0) is 8.70. The van der Waals surface area contributed by atoms with Gasteiger partial charge in [-0.15, -0.1) is 0 Å². The summed E-state index contributed by atoms with van der Waals surface area (Å²) in [6.45, 7) is -2.24. The van der Waals surface area contributed by atoms with E-state index in [1.54, 1.807) is 0 Å². The van der Waals surface area contributed by atoms with Gasteiger partial charge in [0.1, 0.15) is 0 Å². The standard InChI is InChI=1S/CH3FO7P2/c2-1-7-11(6,8-1)9-10(3,4)5/h1H,(H2,3,4,5). The van der Waals surface area contributed by atoms with Gasteiger partial charge < -0.3 is 9.79 Å². The fourth-order valence-electron chi connectivity index (χ4n) is 0.380. The Morgan fingerprint density at radius 2 is 2.00 bits per heavy atom. The molecular weight excluding hydrogens is 205 g/mol.